The minimum absolute atomic E-state index is 0. The van der Waals surface area contributed by atoms with E-state index < -0.39 is 0 Å². The third-order valence-corrected chi connectivity index (χ3v) is 1.49. The number of hydrogen-bond donors (Lipinski definition) is 1. The summed E-state index contributed by atoms with van der Waals surface area (Å²) in [5.74, 6) is 0. The minimum Gasteiger partial charge on any atom is -0.487 e. The smallest absolute Gasteiger partial charge is 0.256 e. The van der Waals surface area contributed by atoms with Crippen LogP contribution in [0.3, 0.4) is 0 Å². The van der Waals surface area contributed by atoms with E-state index in [0.29, 0.717) is 0 Å². The van der Waals surface area contributed by atoms with Gasteiger partial charge in [0.1, 0.15) is 0 Å². The Hall–Kier alpha value is -0.0200. The van der Waals surface area contributed by atoms with Crippen molar-refractivity contribution >= 4 is 29.8 Å². The number of unbranched alkanes of at least 4 members (excludes halogenated alkanes) is 1. The summed E-state index contributed by atoms with van der Waals surface area (Å²) in [7, 11) is 1.79. The fourth-order valence-electron chi connectivity index (χ4n) is 0.491. The molecular formula is C6H14ClNOS. The van der Waals surface area contributed by atoms with Crippen LogP contribution in [0.5, 0.6) is 0 Å². The van der Waals surface area contributed by atoms with Gasteiger partial charge in [0.15, 0.2) is 0 Å². The predicted octanol–water partition coefficient (Wildman–Crippen LogP) is 1.98. The summed E-state index contributed by atoms with van der Waals surface area (Å²) in [5, 5.41) is 8.69. The molecule has 0 aromatic carbocycles. The molecule has 0 amide bonds. The SMILES string of the molecule is CCCCN(C)C(O)=S.Cl. The number of hydrogen-bond acceptors (Lipinski definition) is 1. The second-order valence-electron chi connectivity index (χ2n) is 2.06. The molecule has 0 aliphatic rings. The Morgan fingerprint density at radius 3 is 2.40 bits per heavy atom. The Morgan fingerprint density at radius 2 is 2.10 bits per heavy atom. The van der Waals surface area contributed by atoms with Gasteiger partial charge < -0.3 is 10.0 Å². The van der Waals surface area contributed by atoms with E-state index in [4.69, 9.17) is 5.11 Å². The van der Waals surface area contributed by atoms with E-state index >= 15 is 0 Å². The Labute approximate surface area is 73.6 Å². The molecule has 0 bridgehead atoms. The molecule has 0 unspecified atom stereocenters. The van der Waals surface area contributed by atoms with Crippen molar-refractivity contribution in [1.29, 1.82) is 0 Å². The average Bonchev–Trinajstić information content (AvgIpc) is 1.82. The summed E-state index contributed by atoms with van der Waals surface area (Å²) < 4.78 is 0. The van der Waals surface area contributed by atoms with Gasteiger partial charge in [-0.3, -0.25) is 0 Å². The van der Waals surface area contributed by atoms with Crippen LogP contribution in [0.2, 0.25) is 0 Å². The van der Waals surface area contributed by atoms with E-state index in [1.54, 1.807) is 11.9 Å². The van der Waals surface area contributed by atoms with E-state index in [0.717, 1.165) is 19.4 Å². The molecule has 2 nitrogen and oxygen atoms in total. The predicted molar refractivity (Wildman–Crippen MR) is 50.0 cm³/mol. The molecule has 0 atom stereocenters. The summed E-state index contributed by atoms with van der Waals surface area (Å²) in [5.41, 5.74) is 0. The lowest BCUT2D eigenvalue weighted by atomic mass is 10.3. The van der Waals surface area contributed by atoms with Gasteiger partial charge >= 0.3 is 0 Å². The minimum atomic E-state index is -0.0107. The Balaban J connectivity index is 0. The van der Waals surface area contributed by atoms with Crippen molar-refractivity contribution in [3.8, 4) is 0 Å². The molecule has 4 heteroatoms. The third-order valence-electron chi connectivity index (χ3n) is 1.17. The van der Waals surface area contributed by atoms with E-state index in [-0.39, 0.29) is 17.6 Å². The lowest BCUT2D eigenvalue weighted by Gasteiger charge is -2.13. The van der Waals surface area contributed by atoms with Crippen LogP contribution < -0.4 is 0 Å². The van der Waals surface area contributed by atoms with Crippen LogP contribution in [0.25, 0.3) is 0 Å². The van der Waals surface area contributed by atoms with Gasteiger partial charge in [-0.05, 0) is 18.6 Å². The van der Waals surface area contributed by atoms with E-state index in [9.17, 15) is 0 Å². The highest BCUT2D eigenvalue weighted by Crippen LogP contribution is 1.91. The molecule has 0 aliphatic heterocycles. The zero-order valence-electron chi connectivity index (χ0n) is 6.33. The normalized spacial score (nSPS) is 8.20. The zero-order chi connectivity index (χ0) is 7.28. The number of aliphatic hydroxyl groups is 1. The molecule has 0 radical (unpaired) electrons. The molecule has 0 aliphatic carbocycles. The van der Waals surface area contributed by atoms with Crippen molar-refractivity contribution < 1.29 is 5.11 Å². The molecule has 0 aromatic heterocycles. The van der Waals surface area contributed by atoms with E-state index in [2.05, 4.69) is 19.1 Å². The van der Waals surface area contributed by atoms with Crippen LogP contribution in [0.1, 0.15) is 19.8 Å². The lowest BCUT2D eigenvalue weighted by Crippen LogP contribution is -2.25. The number of aliphatic hydroxyl groups excluding tert-OH is 1. The zero-order valence-corrected chi connectivity index (χ0v) is 7.97. The van der Waals surface area contributed by atoms with Gasteiger partial charge in [0, 0.05) is 13.6 Å². The second-order valence-corrected chi connectivity index (χ2v) is 2.42. The molecule has 0 rings (SSSR count). The second kappa shape index (κ2) is 7.09. The maximum atomic E-state index is 8.70. The van der Waals surface area contributed by atoms with Gasteiger partial charge in [-0.15, -0.1) is 12.4 Å². The highest BCUT2D eigenvalue weighted by atomic mass is 35.5. The summed E-state index contributed by atoms with van der Waals surface area (Å²) >= 11 is 4.51. The third kappa shape index (κ3) is 6.11. The summed E-state index contributed by atoms with van der Waals surface area (Å²) in [4.78, 5) is 1.67. The molecule has 0 aromatic rings. The first-order valence-corrected chi connectivity index (χ1v) is 3.53. The Morgan fingerprint density at radius 1 is 1.60 bits per heavy atom. The van der Waals surface area contributed by atoms with Gasteiger partial charge in [0.2, 0.25) is 0 Å². The van der Waals surface area contributed by atoms with Crippen molar-refractivity contribution in [2.45, 2.75) is 19.8 Å². The van der Waals surface area contributed by atoms with Gasteiger partial charge in [0.05, 0.1) is 0 Å². The van der Waals surface area contributed by atoms with Gasteiger partial charge in [0.25, 0.3) is 5.17 Å². The van der Waals surface area contributed by atoms with Crippen LogP contribution in [0, 0.1) is 0 Å². The largest absolute Gasteiger partial charge is 0.487 e. The first-order valence-electron chi connectivity index (χ1n) is 3.12. The van der Waals surface area contributed by atoms with E-state index in [1.165, 1.54) is 0 Å². The van der Waals surface area contributed by atoms with Crippen molar-refractivity contribution in [3.63, 3.8) is 0 Å². The molecule has 62 valence electrons. The Kier molecular flexibility index (Phi) is 8.96. The number of halogens is 1. The molecule has 0 spiro atoms. The van der Waals surface area contributed by atoms with E-state index in [1.807, 2.05) is 0 Å². The maximum absolute atomic E-state index is 8.70. The van der Waals surface area contributed by atoms with Crippen LogP contribution in [0.4, 0.5) is 0 Å². The maximum Gasteiger partial charge on any atom is 0.256 e. The summed E-state index contributed by atoms with van der Waals surface area (Å²) in [6.07, 6.45) is 2.21. The van der Waals surface area contributed by atoms with Gasteiger partial charge in [-0.2, -0.15) is 0 Å². The molecule has 10 heavy (non-hydrogen) atoms. The Bertz CT molecular complexity index is 99.7. The highest BCUT2D eigenvalue weighted by Gasteiger charge is 1.97. The van der Waals surface area contributed by atoms with Crippen LogP contribution in [-0.2, 0) is 0 Å². The lowest BCUT2D eigenvalue weighted by molar-refractivity contribution is 0.388. The molecule has 0 heterocycles. The first kappa shape index (κ1) is 12.6. The molecule has 0 fully saturated rings. The fourth-order valence-corrected chi connectivity index (χ4v) is 0.582. The number of thiocarbonyl (C=S) groups is 1. The average molecular weight is 184 g/mol. The standard InChI is InChI=1S/C6H13NOS.ClH/c1-3-4-5-7(2)6(8)9;/h3-5H2,1-2H3,(H,8,9);1H. The molecular weight excluding hydrogens is 170 g/mol. The van der Waals surface area contributed by atoms with Crippen molar-refractivity contribution in [3.05, 3.63) is 0 Å². The molecule has 0 saturated carbocycles. The monoisotopic (exact) mass is 183 g/mol. The summed E-state index contributed by atoms with van der Waals surface area (Å²) in [6.45, 7) is 2.96. The topological polar surface area (TPSA) is 23.5 Å². The number of nitrogens with zero attached hydrogens (tertiary/aromatic N) is 1. The fraction of sp³-hybridized carbons (Fsp3) is 0.833. The van der Waals surface area contributed by atoms with Crippen molar-refractivity contribution in [2.24, 2.45) is 0 Å². The number of rotatable bonds is 3. The van der Waals surface area contributed by atoms with Crippen LogP contribution in [-0.4, -0.2) is 28.8 Å². The molecule has 0 saturated heterocycles. The molecule has 1 N–H and O–H groups in total. The van der Waals surface area contributed by atoms with Crippen molar-refractivity contribution in [2.75, 3.05) is 13.6 Å². The van der Waals surface area contributed by atoms with Crippen molar-refractivity contribution in [1.82, 2.24) is 4.90 Å². The quantitative estimate of drug-likeness (QED) is 0.677. The first-order chi connectivity index (χ1) is 4.18. The van der Waals surface area contributed by atoms with Crippen LogP contribution >= 0.6 is 24.6 Å². The van der Waals surface area contributed by atoms with Gasteiger partial charge in [-0.1, -0.05) is 13.3 Å². The highest BCUT2D eigenvalue weighted by molar-refractivity contribution is 7.79. The van der Waals surface area contributed by atoms with Crippen LogP contribution in [0.15, 0.2) is 0 Å². The van der Waals surface area contributed by atoms with Gasteiger partial charge in [-0.25, -0.2) is 0 Å². The summed E-state index contributed by atoms with van der Waals surface area (Å²) in [6, 6.07) is 0.